The van der Waals surface area contributed by atoms with Gasteiger partial charge in [-0.05, 0) is 31.5 Å². The average molecular weight is 247 g/mol. The molecule has 0 aromatic heterocycles. The number of rotatable bonds is 6. The van der Waals surface area contributed by atoms with Gasteiger partial charge in [-0.3, -0.25) is 4.79 Å². The third kappa shape index (κ3) is 4.00. The summed E-state index contributed by atoms with van der Waals surface area (Å²) >= 11 is 0. The number of carbonyl (C=O) groups is 1. The maximum Gasteiger partial charge on any atom is 0.254 e. The molecule has 3 nitrogen and oxygen atoms in total. The lowest BCUT2D eigenvalue weighted by Crippen LogP contribution is -2.32. The molecular weight excluding hydrogens is 226 g/mol. The van der Waals surface area contributed by atoms with Crippen LogP contribution in [0.3, 0.4) is 0 Å². The van der Waals surface area contributed by atoms with Crippen LogP contribution in [0.4, 0.5) is 0 Å². The highest BCUT2D eigenvalue weighted by Gasteiger charge is 2.13. The molecule has 18 heavy (non-hydrogen) atoms. The third-order valence-electron chi connectivity index (χ3n) is 2.64. The summed E-state index contributed by atoms with van der Waals surface area (Å²) in [5.74, 6) is 0.0458. The van der Waals surface area contributed by atoms with Gasteiger partial charge in [0, 0.05) is 25.8 Å². The van der Waals surface area contributed by atoms with E-state index in [1.54, 1.807) is 12.0 Å². The molecule has 1 aromatic rings. The van der Waals surface area contributed by atoms with Crippen LogP contribution in [0.15, 0.2) is 36.4 Å². The second-order valence-electron chi connectivity index (χ2n) is 4.41. The molecule has 1 amide bonds. The van der Waals surface area contributed by atoms with Gasteiger partial charge in [-0.25, -0.2) is 0 Å². The van der Waals surface area contributed by atoms with Crippen molar-refractivity contribution in [3.8, 4) is 0 Å². The lowest BCUT2D eigenvalue weighted by atomic mass is 10.1. The van der Waals surface area contributed by atoms with Crippen LogP contribution in [0.25, 0.3) is 0 Å². The Bertz CT molecular complexity index is 409. The molecule has 0 aliphatic rings. The largest absolute Gasteiger partial charge is 0.380 e. The third-order valence-corrected chi connectivity index (χ3v) is 2.64. The smallest absolute Gasteiger partial charge is 0.254 e. The number of nitrogens with zero attached hydrogens (tertiary/aromatic N) is 1. The molecule has 1 aromatic carbocycles. The van der Waals surface area contributed by atoms with Gasteiger partial charge in [0.25, 0.3) is 5.91 Å². The minimum atomic E-state index is 0.0458. The Morgan fingerprint density at radius 3 is 2.39 bits per heavy atom. The van der Waals surface area contributed by atoms with Crippen LogP contribution in [-0.2, 0) is 11.3 Å². The maximum atomic E-state index is 12.2. The number of ether oxygens (including phenoxy) is 1. The minimum Gasteiger partial charge on any atom is -0.380 e. The fourth-order valence-corrected chi connectivity index (χ4v) is 1.75. The van der Waals surface area contributed by atoms with Gasteiger partial charge in [-0.2, -0.15) is 0 Å². The Hall–Kier alpha value is -1.61. The Kier molecular flexibility index (Phi) is 5.59. The second kappa shape index (κ2) is 6.97. The van der Waals surface area contributed by atoms with Crippen LogP contribution < -0.4 is 0 Å². The molecule has 0 bridgehead atoms. The highest BCUT2D eigenvalue weighted by atomic mass is 16.5. The second-order valence-corrected chi connectivity index (χ2v) is 4.41. The van der Waals surface area contributed by atoms with Crippen molar-refractivity contribution < 1.29 is 9.53 Å². The van der Waals surface area contributed by atoms with Crippen molar-refractivity contribution in [2.24, 2.45) is 0 Å². The molecule has 3 heteroatoms. The van der Waals surface area contributed by atoms with E-state index < -0.39 is 0 Å². The van der Waals surface area contributed by atoms with Gasteiger partial charge >= 0.3 is 0 Å². The number of hydrogen-bond acceptors (Lipinski definition) is 2. The molecule has 0 heterocycles. The van der Waals surface area contributed by atoms with E-state index in [4.69, 9.17) is 4.74 Å². The Morgan fingerprint density at radius 2 is 1.94 bits per heavy atom. The van der Waals surface area contributed by atoms with Crippen LogP contribution in [0, 0.1) is 0 Å². The zero-order valence-electron chi connectivity index (χ0n) is 11.4. The van der Waals surface area contributed by atoms with E-state index >= 15 is 0 Å². The summed E-state index contributed by atoms with van der Waals surface area (Å²) in [4.78, 5) is 14.0. The van der Waals surface area contributed by atoms with Crippen molar-refractivity contribution >= 4 is 5.91 Å². The van der Waals surface area contributed by atoms with Gasteiger partial charge in [0.15, 0.2) is 0 Å². The molecule has 0 unspecified atom stereocenters. The number of benzene rings is 1. The summed E-state index contributed by atoms with van der Waals surface area (Å²) in [6.07, 6.45) is 0. The predicted octanol–water partition coefficient (Wildman–Crippen LogP) is 2.87. The van der Waals surface area contributed by atoms with Gasteiger partial charge in [-0.15, -0.1) is 0 Å². The topological polar surface area (TPSA) is 29.5 Å². The number of hydrogen-bond donors (Lipinski definition) is 0. The van der Waals surface area contributed by atoms with E-state index in [-0.39, 0.29) is 5.91 Å². The minimum absolute atomic E-state index is 0.0458. The standard InChI is InChI=1S/C15H21NO2/c1-5-16(10-12(2)3)15(17)14-8-6-13(7-9-14)11-18-4/h6-9H,2,5,10-11H2,1,3-4H3. The summed E-state index contributed by atoms with van der Waals surface area (Å²) in [7, 11) is 1.66. The number of amides is 1. The first kappa shape index (κ1) is 14.5. The lowest BCUT2D eigenvalue weighted by molar-refractivity contribution is 0.0778. The molecule has 0 saturated carbocycles. The maximum absolute atomic E-state index is 12.2. The molecule has 1 rings (SSSR count). The van der Waals surface area contributed by atoms with E-state index in [2.05, 4.69) is 6.58 Å². The first-order valence-electron chi connectivity index (χ1n) is 6.10. The first-order valence-corrected chi connectivity index (χ1v) is 6.10. The zero-order valence-corrected chi connectivity index (χ0v) is 11.4. The lowest BCUT2D eigenvalue weighted by Gasteiger charge is -2.21. The summed E-state index contributed by atoms with van der Waals surface area (Å²) in [6.45, 7) is 9.61. The van der Waals surface area contributed by atoms with E-state index in [9.17, 15) is 4.79 Å². The van der Waals surface area contributed by atoms with Crippen LogP contribution in [-0.4, -0.2) is 31.0 Å². The summed E-state index contributed by atoms with van der Waals surface area (Å²) in [5.41, 5.74) is 2.76. The van der Waals surface area contributed by atoms with Crippen LogP contribution in [0.5, 0.6) is 0 Å². The Morgan fingerprint density at radius 1 is 1.33 bits per heavy atom. The number of likely N-dealkylation sites (N-methyl/N-ethyl adjacent to an activating group) is 1. The fourth-order valence-electron chi connectivity index (χ4n) is 1.75. The molecule has 0 fully saturated rings. The SMILES string of the molecule is C=C(C)CN(CC)C(=O)c1ccc(COC)cc1. The molecule has 0 atom stereocenters. The highest BCUT2D eigenvalue weighted by molar-refractivity contribution is 5.94. The Labute approximate surface area is 109 Å². The van der Waals surface area contributed by atoms with Gasteiger partial charge in [-0.1, -0.05) is 24.3 Å². The first-order chi connectivity index (χ1) is 8.58. The Balaban J connectivity index is 2.78. The van der Waals surface area contributed by atoms with Crippen molar-refractivity contribution in [1.29, 1.82) is 0 Å². The van der Waals surface area contributed by atoms with Crippen LogP contribution in [0.1, 0.15) is 29.8 Å². The van der Waals surface area contributed by atoms with Gasteiger partial charge < -0.3 is 9.64 Å². The van der Waals surface area contributed by atoms with Crippen LogP contribution >= 0.6 is 0 Å². The van der Waals surface area contributed by atoms with Crippen molar-refractivity contribution in [2.75, 3.05) is 20.2 Å². The predicted molar refractivity (Wildman–Crippen MR) is 73.5 cm³/mol. The van der Waals surface area contributed by atoms with E-state index in [0.717, 1.165) is 11.1 Å². The van der Waals surface area contributed by atoms with Gasteiger partial charge in [0.05, 0.1) is 6.61 Å². The van der Waals surface area contributed by atoms with Crippen molar-refractivity contribution in [3.63, 3.8) is 0 Å². The quantitative estimate of drug-likeness (QED) is 0.723. The normalized spacial score (nSPS) is 10.2. The van der Waals surface area contributed by atoms with Crippen molar-refractivity contribution in [2.45, 2.75) is 20.5 Å². The monoisotopic (exact) mass is 247 g/mol. The number of carbonyl (C=O) groups excluding carboxylic acids is 1. The molecule has 0 spiro atoms. The summed E-state index contributed by atoms with van der Waals surface area (Å²) in [5, 5.41) is 0. The van der Waals surface area contributed by atoms with Crippen molar-refractivity contribution in [1.82, 2.24) is 4.90 Å². The molecule has 0 aliphatic heterocycles. The van der Waals surface area contributed by atoms with E-state index in [0.29, 0.717) is 25.3 Å². The van der Waals surface area contributed by atoms with E-state index in [1.807, 2.05) is 38.1 Å². The highest BCUT2D eigenvalue weighted by Crippen LogP contribution is 2.09. The summed E-state index contributed by atoms with van der Waals surface area (Å²) in [6, 6.07) is 7.53. The summed E-state index contributed by atoms with van der Waals surface area (Å²) < 4.78 is 5.04. The molecule has 0 radical (unpaired) electrons. The van der Waals surface area contributed by atoms with Crippen LogP contribution in [0.2, 0.25) is 0 Å². The molecule has 0 saturated heterocycles. The van der Waals surface area contributed by atoms with Gasteiger partial charge in [0.2, 0.25) is 0 Å². The number of methoxy groups -OCH3 is 1. The molecule has 0 aliphatic carbocycles. The zero-order chi connectivity index (χ0) is 13.5. The fraction of sp³-hybridized carbons (Fsp3) is 0.400. The van der Waals surface area contributed by atoms with Crippen molar-refractivity contribution in [3.05, 3.63) is 47.5 Å². The molecule has 98 valence electrons. The molecule has 0 N–H and O–H groups in total. The van der Waals surface area contributed by atoms with E-state index in [1.165, 1.54) is 0 Å². The van der Waals surface area contributed by atoms with Gasteiger partial charge in [0.1, 0.15) is 0 Å². The molecular formula is C15H21NO2. The average Bonchev–Trinajstić information content (AvgIpc) is 2.36.